The summed E-state index contributed by atoms with van der Waals surface area (Å²) in [6.45, 7) is 0.270. The number of nitrogens with zero attached hydrogens (tertiary/aromatic N) is 1. The first-order chi connectivity index (χ1) is 13.8. The van der Waals surface area contributed by atoms with Crippen LogP contribution in [0.3, 0.4) is 0 Å². The summed E-state index contributed by atoms with van der Waals surface area (Å²) in [7, 11) is 0. The van der Waals surface area contributed by atoms with Crippen molar-refractivity contribution in [3.05, 3.63) is 78.2 Å². The van der Waals surface area contributed by atoms with Gasteiger partial charge >= 0.3 is 0 Å². The van der Waals surface area contributed by atoms with E-state index in [2.05, 4.69) is 10.3 Å². The van der Waals surface area contributed by atoms with Crippen molar-refractivity contribution < 1.29 is 14.2 Å². The summed E-state index contributed by atoms with van der Waals surface area (Å²) in [6, 6.07) is 23.4. The molecule has 1 aliphatic rings. The van der Waals surface area contributed by atoms with Crippen LogP contribution < -0.4 is 19.5 Å². The Balaban J connectivity index is 1.28. The van der Waals surface area contributed by atoms with Gasteiger partial charge in [0.05, 0.1) is 5.69 Å². The monoisotopic (exact) mass is 388 g/mol. The summed E-state index contributed by atoms with van der Waals surface area (Å²) in [6.07, 6.45) is 0. The number of nitrogens with one attached hydrogen (secondary N) is 1. The highest BCUT2D eigenvalue weighted by atomic mass is 32.1. The molecule has 1 N–H and O–H groups in total. The van der Waals surface area contributed by atoms with Crippen LogP contribution in [-0.4, -0.2) is 11.8 Å². The van der Waals surface area contributed by atoms with E-state index in [0.29, 0.717) is 0 Å². The smallest absolute Gasteiger partial charge is 0.231 e. The highest BCUT2D eigenvalue weighted by Gasteiger charge is 2.15. The van der Waals surface area contributed by atoms with Gasteiger partial charge in [-0.25, -0.2) is 4.98 Å². The fourth-order valence-electron chi connectivity index (χ4n) is 2.87. The Morgan fingerprint density at radius 3 is 2.50 bits per heavy atom. The Labute approximate surface area is 166 Å². The molecule has 4 aromatic rings. The standard InChI is InChI=1S/C22H16N2O3S/c1-2-4-17(5-3-1)27-18-9-7-16(8-10-18)23-22-24-19(13-28-22)15-6-11-20-21(12-15)26-14-25-20/h1-13H,14H2,(H,23,24). The molecule has 0 fully saturated rings. The van der Waals surface area contributed by atoms with Gasteiger partial charge in [0.1, 0.15) is 11.5 Å². The summed E-state index contributed by atoms with van der Waals surface area (Å²) in [5.41, 5.74) is 2.85. The Kier molecular flexibility index (Phi) is 4.31. The maximum absolute atomic E-state index is 5.82. The van der Waals surface area contributed by atoms with Gasteiger partial charge in [-0.15, -0.1) is 11.3 Å². The van der Waals surface area contributed by atoms with Gasteiger partial charge in [-0.2, -0.15) is 0 Å². The summed E-state index contributed by atoms with van der Waals surface area (Å²) < 4.78 is 16.6. The third kappa shape index (κ3) is 3.50. The van der Waals surface area contributed by atoms with Crippen molar-refractivity contribution in [3.8, 4) is 34.3 Å². The van der Waals surface area contributed by atoms with E-state index in [-0.39, 0.29) is 6.79 Å². The largest absolute Gasteiger partial charge is 0.457 e. The van der Waals surface area contributed by atoms with Crippen LogP contribution in [0.2, 0.25) is 0 Å². The zero-order valence-electron chi connectivity index (χ0n) is 14.8. The van der Waals surface area contributed by atoms with E-state index in [1.54, 1.807) is 11.3 Å². The van der Waals surface area contributed by atoms with Crippen molar-refractivity contribution >= 4 is 22.2 Å². The number of hydrogen-bond acceptors (Lipinski definition) is 6. The number of aromatic nitrogens is 1. The molecular weight excluding hydrogens is 372 g/mol. The second kappa shape index (κ2) is 7.25. The van der Waals surface area contributed by atoms with Crippen molar-refractivity contribution in [2.24, 2.45) is 0 Å². The maximum atomic E-state index is 5.82. The lowest BCUT2D eigenvalue weighted by Crippen LogP contribution is -1.92. The molecule has 1 aromatic heterocycles. The number of para-hydroxylation sites is 1. The quantitative estimate of drug-likeness (QED) is 0.449. The molecule has 0 bridgehead atoms. The van der Waals surface area contributed by atoms with Crippen molar-refractivity contribution in [3.63, 3.8) is 0 Å². The number of rotatable bonds is 5. The van der Waals surface area contributed by atoms with Crippen molar-refractivity contribution in [2.45, 2.75) is 0 Å². The van der Waals surface area contributed by atoms with Crippen molar-refractivity contribution in [1.29, 1.82) is 0 Å². The highest BCUT2D eigenvalue weighted by Crippen LogP contribution is 2.37. The first-order valence-corrected chi connectivity index (χ1v) is 9.67. The number of hydrogen-bond donors (Lipinski definition) is 1. The van der Waals surface area contributed by atoms with E-state index in [9.17, 15) is 0 Å². The topological polar surface area (TPSA) is 52.6 Å². The SMILES string of the molecule is c1ccc(Oc2ccc(Nc3nc(-c4ccc5c(c4)OCO5)cs3)cc2)cc1. The number of fused-ring (bicyclic) bond motifs is 1. The predicted octanol–water partition coefficient (Wildman–Crippen LogP) is 6.07. The average molecular weight is 388 g/mol. The van der Waals surface area contributed by atoms with Crippen LogP contribution in [0.5, 0.6) is 23.0 Å². The van der Waals surface area contributed by atoms with Gasteiger partial charge in [0.2, 0.25) is 6.79 Å². The van der Waals surface area contributed by atoms with Gasteiger partial charge in [-0.1, -0.05) is 18.2 Å². The fourth-order valence-corrected chi connectivity index (χ4v) is 3.61. The molecule has 0 aliphatic carbocycles. The number of benzene rings is 3. The first-order valence-electron chi connectivity index (χ1n) is 8.79. The van der Waals surface area contributed by atoms with E-state index in [1.807, 2.05) is 78.2 Å². The molecule has 0 unspecified atom stereocenters. The molecule has 0 atom stereocenters. The first kappa shape index (κ1) is 16.6. The molecular formula is C22H16N2O3S. The van der Waals surface area contributed by atoms with Crippen LogP contribution in [-0.2, 0) is 0 Å². The van der Waals surface area contributed by atoms with Gasteiger partial charge < -0.3 is 19.5 Å². The maximum Gasteiger partial charge on any atom is 0.231 e. The molecule has 0 saturated heterocycles. The van der Waals surface area contributed by atoms with E-state index in [1.165, 1.54) is 0 Å². The second-order valence-electron chi connectivity index (χ2n) is 6.17. The molecule has 28 heavy (non-hydrogen) atoms. The van der Waals surface area contributed by atoms with Crippen LogP contribution in [0, 0.1) is 0 Å². The predicted molar refractivity (Wildman–Crippen MR) is 110 cm³/mol. The van der Waals surface area contributed by atoms with E-state index in [0.717, 1.165) is 45.1 Å². The third-order valence-electron chi connectivity index (χ3n) is 4.26. The van der Waals surface area contributed by atoms with Crippen LogP contribution in [0.15, 0.2) is 78.2 Å². The van der Waals surface area contributed by atoms with Crippen molar-refractivity contribution in [2.75, 3.05) is 12.1 Å². The van der Waals surface area contributed by atoms with Gasteiger partial charge in [-0.05, 0) is 54.6 Å². The van der Waals surface area contributed by atoms with Gasteiger partial charge in [0.15, 0.2) is 16.6 Å². The Bertz CT molecular complexity index is 1090. The number of thiazole rings is 1. The van der Waals surface area contributed by atoms with Crippen LogP contribution in [0.4, 0.5) is 10.8 Å². The molecule has 5 nitrogen and oxygen atoms in total. The molecule has 0 saturated carbocycles. The van der Waals surface area contributed by atoms with Gasteiger partial charge in [-0.3, -0.25) is 0 Å². The molecule has 3 aromatic carbocycles. The highest BCUT2D eigenvalue weighted by molar-refractivity contribution is 7.14. The lowest BCUT2D eigenvalue weighted by Gasteiger charge is -2.07. The molecule has 0 radical (unpaired) electrons. The van der Waals surface area contributed by atoms with Crippen LogP contribution >= 0.6 is 11.3 Å². The minimum Gasteiger partial charge on any atom is -0.457 e. The summed E-state index contributed by atoms with van der Waals surface area (Å²) in [4.78, 5) is 4.67. The summed E-state index contributed by atoms with van der Waals surface area (Å²) in [5.74, 6) is 3.14. The third-order valence-corrected chi connectivity index (χ3v) is 5.01. The lowest BCUT2D eigenvalue weighted by molar-refractivity contribution is 0.174. The molecule has 2 heterocycles. The molecule has 5 rings (SSSR count). The lowest BCUT2D eigenvalue weighted by atomic mass is 10.1. The molecule has 1 aliphatic heterocycles. The zero-order valence-corrected chi connectivity index (χ0v) is 15.6. The minimum atomic E-state index is 0.270. The Hall–Kier alpha value is -3.51. The van der Waals surface area contributed by atoms with E-state index in [4.69, 9.17) is 14.2 Å². The van der Waals surface area contributed by atoms with Gasteiger partial charge in [0.25, 0.3) is 0 Å². The molecule has 6 heteroatoms. The summed E-state index contributed by atoms with van der Waals surface area (Å²) in [5, 5.41) is 6.18. The molecule has 0 amide bonds. The average Bonchev–Trinajstić information content (AvgIpc) is 3.39. The normalized spacial score (nSPS) is 12.0. The number of ether oxygens (including phenoxy) is 3. The van der Waals surface area contributed by atoms with E-state index >= 15 is 0 Å². The van der Waals surface area contributed by atoms with Crippen molar-refractivity contribution in [1.82, 2.24) is 4.98 Å². The minimum absolute atomic E-state index is 0.270. The van der Waals surface area contributed by atoms with Crippen LogP contribution in [0.25, 0.3) is 11.3 Å². The Morgan fingerprint density at radius 2 is 1.64 bits per heavy atom. The fraction of sp³-hybridized carbons (Fsp3) is 0.0455. The zero-order chi connectivity index (χ0) is 18.8. The van der Waals surface area contributed by atoms with E-state index < -0.39 is 0 Å². The van der Waals surface area contributed by atoms with Gasteiger partial charge in [0, 0.05) is 16.6 Å². The Morgan fingerprint density at radius 1 is 0.857 bits per heavy atom. The summed E-state index contributed by atoms with van der Waals surface area (Å²) >= 11 is 1.55. The second-order valence-corrected chi connectivity index (χ2v) is 7.03. The molecule has 0 spiro atoms. The number of anilines is 2. The molecule has 138 valence electrons. The van der Waals surface area contributed by atoms with Crippen LogP contribution in [0.1, 0.15) is 0 Å².